The minimum Gasteiger partial charge on any atom is -0.419 e. The van der Waals surface area contributed by atoms with Gasteiger partial charge in [-0.05, 0) is 51.8 Å². The van der Waals surface area contributed by atoms with Gasteiger partial charge in [-0.1, -0.05) is 35.9 Å². The van der Waals surface area contributed by atoms with Gasteiger partial charge in [0, 0.05) is 34.3 Å². The molecule has 1 aliphatic rings. The number of benzene rings is 2. The lowest BCUT2D eigenvalue weighted by molar-refractivity contribution is 0.0735. The Morgan fingerprint density at radius 2 is 1.84 bits per heavy atom. The number of nitrogens with two attached hydrogens (primary N) is 2. The molecule has 10 heteroatoms. The molecule has 2 aromatic heterocycles. The highest BCUT2D eigenvalue weighted by Crippen LogP contribution is 2.35. The van der Waals surface area contributed by atoms with Gasteiger partial charge in [0.2, 0.25) is 17.7 Å². The zero-order valence-corrected chi connectivity index (χ0v) is 21.9. The molecule has 0 saturated carbocycles. The van der Waals surface area contributed by atoms with Crippen molar-refractivity contribution in [2.75, 3.05) is 6.54 Å². The van der Waals surface area contributed by atoms with E-state index in [-0.39, 0.29) is 29.3 Å². The molecule has 0 aliphatic carbocycles. The Labute approximate surface area is 219 Å². The number of primary amides is 1. The molecule has 37 heavy (non-hydrogen) atoms. The molecule has 0 unspecified atom stereocenters. The van der Waals surface area contributed by atoms with E-state index >= 15 is 0 Å². The van der Waals surface area contributed by atoms with E-state index in [1.54, 1.807) is 29.2 Å². The minimum atomic E-state index is -0.647. The van der Waals surface area contributed by atoms with Crippen LogP contribution < -0.4 is 11.5 Å². The lowest BCUT2D eigenvalue weighted by Gasteiger charge is -2.23. The van der Waals surface area contributed by atoms with E-state index in [1.807, 2.05) is 30.5 Å². The Hall–Kier alpha value is -3.89. The van der Waals surface area contributed by atoms with Crippen LogP contribution in [-0.2, 0) is 0 Å². The van der Waals surface area contributed by atoms with Crippen LogP contribution in [0.4, 0.5) is 0 Å². The van der Waals surface area contributed by atoms with Crippen molar-refractivity contribution in [1.29, 1.82) is 0 Å². The molecule has 1 saturated heterocycles. The summed E-state index contributed by atoms with van der Waals surface area (Å²) < 4.78 is 5.59. The van der Waals surface area contributed by atoms with E-state index in [4.69, 9.17) is 15.9 Å². The van der Waals surface area contributed by atoms with Gasteiger partial charge in [0.25, 0.3) is 5.91 Å². The molecule has 9 nitrogen and oxygen atoms in total. The SMILES string of the molecule is Cc1ccccc1.Cc1csc([C@H]2CCCN2C(=O)c2cc(C(N)=O)cc(-c3nnc([C@H](C)N)o3)c2)n1. The fourth-order valence-corrected chi connectivity index (χ4v) is 4.99. The summed E-state index contributed by atoms with van der Waals surface area (Å²) in [4.78, 5) is 31.6. The zero-order chi connectivity index (χ0) is 26.5. The number of hydrogen-bond acceptors (Lipinski definition) is 8. The number of nitrogens with zero attached hydrogens (tertiary/aromatic N) is 4. The van der Waals surface area contributed by atoms with Crippen LogP contribution >= 0.6 is 11.3 Å². The Bertz CT molecular complexity index is 1380. The van der Waals surface area contributed by atoms with E-state index in [0.29, 0.717) is 17.7 Å². The van der Waals surface area contributed by atoms with Crippen LogP contribution in [0.3, 0.4) is 0 Å². The average Bonchev–Trinajstić information content (AvgIpc) is 3.64. The van der Waals surface area contributed by atoms with Gasteiger partial charge in [-0.3, -0.25) is 9.59 Å². The third kappa shape index (κ3) is 6.28. The summed E-state index contributed by atoms with van der Waals surface area (Å²) in [7, 11) is 0. The fraction of sp³-hybridized carbons (Fsp3) is 0.296. The summed E-state index contributed by atoms with van der Waals surface area (Å²) in [5.41, 5.74) is 14.5. The molecule has 4 N–H and O–H groups in total. The van der Waals surface area contributed by atoms with Crippen molar-refractivity contribution in [1.82, 2.24) is 20.1 Å². The van der Waals surface area contributed by atoms with Crippen LogP contribution in [-0.4, -0.2) is 38.4 Å². The first kappa shape index (κ1) is 26.2. The van der Waals surface area contributed by atoms with Crippen molar-refractivity contribution in [3.63, 3.8) is 0 Å². The van der Waals surface area contributed by atoms with E-state index in [9.17, 15) is 9.59 Å². The first-order valence-corrected chi connectivity index (χ1v) is 12.9. The number of thiazole rings is 1. The Morgan fingerprint density at radius 1 is 1.11 bits per heavy atom. The lowest BCUT2D eigenvalue weighted by atomic mass is 10.0. The summed E-state index contributed by atoms with van der Waals surface area (Å²) in [5.74, 6) is -0.401. The zero-order valence-electron chi connectivity index (χ0n) is 21.0. The number of carbonyl (C=O) groups excluding carboxylic acids is 2. The maximum Gasteiger partial charge on any atom is 0.254 e. The third-order valence-corrected chi connectivity index (χ3v) is 6.98. The summed E-state index contributed by atoms with van der Waals surface area (Å²) >= 11 is 1.55. The predicted molar refractivity (Wildman–Crippen MR) is 142 cm³/mol. The first-order valence-electron chi connectivity index (χ1n) is 12.0. The Kier molecular flexibility index (Phi) is 8.10. The van der Waals surface area contributed by atoms with Crippen LogP contribution in [0, 0.1) is 13.8 Å². The average molecular weight is 519 g/mol. The van der Waals surface area contributed by atoms with Gasteiger partial charge in [-0.25, -0.2) is 4.98 Å². The van der Waals surface area contributed by atoms with Crippen molar-refractivity contribution in [2.45, 2.75) is 45.7 Å². The molecule has 4 aromatic rings. The van der Waals surface area contributed by atoms with Crippen molar-refractivity contribution in [3.05, 3.63) is 87.2 Å². The summed E-state index contributed by atoms with van der Waals surface area (Å²) in [6, 6.07) is 14.4. The summed E-state index contributed by atoms with van der Waals surface area (Å²) in [5, 5.41) is 10.8. The van der Waals surface area contributed by atoms with Gasteiger partial charge in [0.1, 0.15) is 5.01 Å². The van der Waals surface area contributed by atoms with Crippen molar-refractivity contribution < 1.29 is 14.0 Å². The maximum absolute atomic E-state index is 13.4. The summed E-state index contributed by atoms with van der Waals surface area (Å²) in [6.45, 7) is 6.36. The molecule has 3 heterocycles. The predicted octanol–water partition coefficient (Wildman–Crippen LogP) is 4.59. The molecular weight excluding hydrogens is 488 g/mol. The Morgan fingerprint density at radius 3 is 2.41 bits per heavy atom. The lowest BCUT2D eigenvalue weighted by Crippen LogP contribution is -2.30. The molecule has 1 fully saturated rings. The van der Waals surface area contributed by atoms with Gasteiger partial charge in [0.15, 0.2) is 0 Å². The van der Waals surface area contributed by atoms with Gasteiger partial charge in [-0.15, -0.1) is 21.5 Å². The highest BCUT2D eigenvalue weighted by Gasteiger charge is 2.33. The van der Waals surface area contributed by atoms with E-state index < -0.39 is 11.9 Å². The molecule has 2 aromatic carbocycles. The van der Waals surface area contributed by atoms with Crippen LogP contribution in [0.25, 0.3) is 11.5 Å². The quantitative estimate of drug-likeness (QED) is 0.393. The number of carbonyl (C=O) groups is 2. The maximum atomic E-state index is 13.4. The highest BCUT2D eigenvalue weighted by atomic mass is 32.1. The number of aromatic nitrogens is 3. The number of hydrogen-bond donors (Lipinski definition) is 2. The first-order chi connectivity index (χ1) is 17.7. The molecule has 2 amide bonds. The number of likely N-dealkylation sites (tertiary alicyclic amines) is 1. The monoisotopic (exact) mass is 518 g/mol. The number of aryl methyl sites for hydroxylation is 2. The van der Waals surface area contributed by atoms with Crippen molar-refractivity contribution in [3.8, 4) is 11.5 Å². The van der Waals surface area contributed by atoms with Crippen LogP contribution in [0.15, 0.2) is 58.3 Å². The topological polar surface area (TPSA) is 141 Å². The van der Waals surface area contributed by atoms with Gasteiger partial charge in [0.05, 0.1) is 12.1 Å². The van der Waals surface area contributed by atoms with Crippen molar-refractivity contribution >= 4 is 23.2 Å². The van der Waals surface area contributed by atoms with Crippen LogP contribution in [0.2, 0.25) is 0 Å². The molecule has 1 aliphatic heterocycles. The number of rotatable bonds is 5. The minimum absolute atomic E-state index is 0.0787. The molecule has 5 rings (SSSR count). The number of amides is 2. The van der Waals surface area contributed by atoms with Gasteiger partial charge in [-0.2, -0.15) is 0 Å². The highest BCUT2D eigenvalue weighted by molar-refractivity contribution is 7.09. The summed E-state index contributed by atoms with van der Waals surface area (Å²) in [6.07, 6.45) is 1.74. The fourth-order valence-electron chi connectivity index (χ4n) is 4.04. The van der Waals surface area contributed by atoms with E-state index in [2.05, 4.69) is 34.2 Å². The van der Waals surface area contributed by atoms with Crippen LogP contribution in [0.1, 0.15) is 74.7 Å². The largest absolute Gasteiger partial charge is 0.419 e. The molecule has 0 spiro atoms. The molecule has 2 atom stereocenters. The Balaban J connectivity index is 0.000000396. The smallest absolute Gasteiger partial charge is 0.254 e. The molecule has 192 valence electrons. The standard InChI is InChI=1S/C20H22N6O3S.C7H8/c1-10-9-30-19(23-10)15-4-3-5-26(15)20(28)14-7-12(16(22)27)6-13(8-14)18-25-24-17(29-18)11(2)21;1-7-5-3-2-4-6-7/h6-9,11,15H,3-5,21H2,1-2H3,(H2,22,27);2-6H,1H3/t11-,15+;/m0./s1. The van der Waals surface area contributed by atoms with Crippen molar-refractivity contribution in [2.24, 2.45) is 11.5 Å². The second kappa shape index (κ2) is 11.4. The second-order valence-electron chi connectivity index (χ2n) is 9.04. The van der Waals surface area contributed by atoms with Gasteiger partial charge < -0.3 is 20.8 Å². The van der Waals surface area contributed by atoms with Gasteiger partial charge >= 0.3 is 0 Å². The second-order valence-corrected chi connectivity index (χ2v) is 9.93. The van der Waals surface area contributed by atoms with E-state index in [0.717, 1.165) is 23.5 Å². The molecular formula is C27H30N6O3S. The third-order valence-electron chi connectivity index (χ3n) is 5.92. The molecule has 0 radical (unpaired) electrons. The normalized spacial score (nSPS) is 15.7. The van der Waals surface area contributed by atoms with E-state index in [1.165, 1.54) is 17.7 Å². The molecule has 0 bridgehead atoms. The van der Waals surface area contributed by atoms with Crippen LogP contribution in [0.5, 0.6) is 0 Å².